The van der Waals surface area contributed by atoms with Crippen molar-refractivity contribution in [3.8, 4) is 0 Å². The van der Waals surface area contributed by atoms with Crippen molar-refractivity contribution in [3.63, 3.8) is 0 Å². The Bertz CT molecular complexity index is 491. The molecule has 0 heterocycles. The minimum absolute atomic E-state index is 0.589. The van der Waals surface area contributed by atoms with Crippen LogP contribution in [0.2, 0.25) is 0 Å². The second kappa shape index (κ2) is 4.58. The summed E-state index contributed by atoms with van der Waals surface area (Å²) in [6.45, 7) is 0. The number of hydrogen-bond acceptors (Lipinski definition) is 1. The Labute approximate surface area is 97.2 Å². The maximum absolute atomic E-state index is 10.4. The molecule has 0 saturated heterocycles. The van der Waals surface area contributed by atoms with Gasteiger partial charge >= 0.3 is 0 Å². The number of benzene rings is 2. The van der Waals surface area contributed by atoms with Crippen LogP contribution in [0.1, 0.15) is 12.0 Å². The molecule has 0 aliphatic rings. The van der Waals surface area contributed by atoms with E-state index in [0.717, 1.165) is 17.2 Å². The molecule has 1 nitrogen and oxygen atoms in total. The third-order valence-electron chi connectivity index (χ3n) is 2.49. The first-order valence-corrected chi connectivity index (χ1v) is 5.72. The van der Waals surface area contributed by atoms with Crippen molar-refractivity contribution in [1.29, 1.82) is 0 Å². The average molecular weight is 263 g/mol. The van der Waals surface area contributed by atoms with E-state index in [2.05, 4.69) is 34.1 Å². The van der Waals surface area contributed by atoms with Crippen molar-refractivity contribution in [2.75, 3.05) is 0 Å². The maximum Gasteiger partial charge on any atom is 0.120 e. The van der Waals surface area contributed by atoms with Crippen LogP contribution < -0.4 is 0 Å². The lowest BCUT2D eigenvalue weighted by molar-refractivity contribution is -0.107. The van der Waals surface area contributed by atoms with E-state index in [1.165, 1.54) is 16.3 Å². The fourth-order valence-corrected chi connectivity index (χ4v) is 2.24. The minimum atomic E-state index is 0.589. The van der Waals surface area contributed by atoms with Crippen molar-refractivity contribution < 1.29 is 4.79 Å². The number of fused-ring (bicyclic) bond motifs is 1. The van der Waals surface area contributed by atoms with Crippen LogP contribution in [0.3, 0.4) is 0 Å². The number of carbonyl (C=O) groups excluding carboxylic acids is 1. The van der Waals surface area contributed by atoms with Crippen LogP contribution in [0.5, 0.6) is 0 Å². The summed E-state index contributed by atoms with van der Waals surface area (Å²) >= 11 is 3.53. The molecule has 15 heavy (non-hydrogen) atoms. The van der Waals surface area contributed by atoms with Crippen LogP contribution in [0.4, 0.5) is 0 Å². The van der Waals surface area contributed by atoms with Crippen LogP contribution in [-0.4, -0.2) is 6.29 Å². The molecule has 0 aliphatic heterocycles. The van der Waals surface area contributed by atoms with Gasteiger partial charge in [0.25, 0.3) is 0 Å². The number of rotatable bonds is 3. The van der Waals surface area contributed by atoms with Crippen LogP contribution in [0.15, 0.2) is 40.9 Å². The van der Waals surface area contributed by atoms with E-state index in [4.69, 9.17) is 0 Å². The molecular weight excluding hydrogens is 252 g/mol. The summed E-state index contributed by atoms with van der Waals surface area (Å²) in [5.74, 6) is 0. The standard InChI is InChI=1S/C13H11BrO/c14-13-8-7-10(4-3-9-15)11-5-1-2-6-12(11)13/h1-2,5-9H,3-4H2. The van der Waals surface area contributed by atoms with E-state index < -0.39 is 0 Å². The Hall–Kier alpha value is -1.15. The van der Waals surface area contributed by atoms with Crippen LogP contribution in [0.25, 0.3) is 10.8 Å². The van der Waals surface area contributed by atoms with Gasteiger partial charge in [-0.3, -0.25) is 0 Å². The third-order valence-corrected chi connectivity index (χ3v) is 3.18. The lowest BCUT2D eigenvalue weighted by atomic mass is 10.0. The maximum atomic E-state index is 10.4. The first-order chi connectivity index (χ1) is 7.33. The molecule has 0 amide bonds. The second-order valence-electron chi connectivity index (χ2n) is 3.46. The van der Waals surface area contributed by atoms with E-state index >= 15 is 0 Å². The molecule has 2 heteroatoms. The third kappa shape index (κ3) is 2.10. The summed E-state index contributed by atoms with van der Waals surface area (Å²) < 4.78 is 1.10. The highest BCUT2D eigenvalue weighted by molar-refractivity contribution is 9.10. The van der Waals surface area contributed by atoms with Crippen molar-refractivity contribution in [2.45, 2.75) is 12.8 Å². The van der Waals surface area contributed by atoms with E-state index in [0.29, 0.717) is 6.42 Å². The molecular formula is C13H11BrO. The Morgan fingerprint density at radius 3 is 2.53 bits per heavy atom. The van der Waals surface area contributed by atoms with Crippen molar-refractivity contribution in [1.82, 2.24) is 0 Å². The van der Waals surface area contributed by atoms with Gasteiger partial charge in [0.2, 0.25) is 0 Å². The topological polar surface area (TPSA) is 17.1 Å². The number of carbonyl (C=O) groups is 1. The normalized spacial score (nSPS) is 10.5. The molecule has 0 fully saturated rings. The second-order valence-corrected chi connectivity index (χ2v) is 4.31. The molecule has 0 N–H and O–H groups in total. The molecule has 0 atom stereocenters. The first-order valence-electron chi connectivity index (χ1n) is 4.92. The summed E-state index contributed by atoms with van der Waals surface area (Å²) in [5, 5.41) is 2.44. The van der Waals surface area contributed by atoms with Gasteiger partial charge in [0, 0.05) is 10.9 Å². The van der Waals surface area contributed by atoms with Gasteiger partial charge in [0.15, 0.2) is 0 Å². The van der Waals surface area contributed by atoms with Crippen molar-refractivity contribution in [2.24, 2.45) is 0 Å². The van der Waals surface area contributed by atoms with Gasteiger partial charge in [-0.2, -0.15) is 0 Å². The van der Waals surface area contributed by atoms with Crippen molar-refractivity contribution >= 4 is 33.0 Å². The van der Waals surface area contributed by atoms with Crippen LogP contribution >= 0.6 is 15.9 Å². The molecule has 0 spiro atoms. The SMILES string of the molecule is O=CCCc1ccc(Br)c2ccccc12. The first kappa shape index (κ1) is 10.4. The Morgan fingerprint density at radius 1 is 1.07 bits per heavy atom. The predicted octanol–water partition coefficient (Wildman–Crippen LogP) is 3.73. The summed E-state index contributed by atoms with van der Waals surface area (Å²) in [4.78, 5) is 10.4. The van der Waals surface area contributed by atoms with Gasteiger partial charge in [0.05, 0.1) is 0 Å². The zero-order valence-electron chi connectivity index (χ0n) is 8.24. The summed E-state index contributed by atoms with van der Waals surface area (Å²) in [7, 11) is 0. The predicted molar refractivity (Wildman–Crippen MR) is 66.0 cm³/mol. The van der Waals surface area contributed by atoms with Gasteiger partial charge in [-0.15, -0.1) is 0 Å². The fraction of sp³-hybridized carbons (Fsp3) is 0.154. The smallest absolute Gasteiger partial charge is 0.120 e. The highest BCUT2D eigenvalue weighted by Crippen LogP contribution is 2.27. The molecule has 0 unspecified atom stereocenters. The van der Waals surface area contributed by atoms with Gasteiger partial charge < -0.3 is 4.79 Å². The lowest BCUT2D eigenvalue weighted by Gasteiger charge is -2.06. The molecule has 0 radical (unpaired) electrons. The zero-order valence-corrected chi connectivity index (χ0v) is 9.83. The fourth-order valence-electron chi connectivity index (χ4n) is 1.76. The van der Waals surface area contributed by atoms with E-state index in [1.807, 2.05) is 18.2 Å². The lowest BCUT2D eigenvalue weighted by Crippen LogP contribution is -1.88. The minimum Gasteiger partial charge on any atom is -0.303 e. The summed E-state index contributed by atoms with van der Waals surface area (Å²) in [6, 6.07) is 12.4. The summed E-state index contributed by atoms with van der Waals surface area (Å²) in [6.07, 6.45) is 2.37. The number of aryl methyl sites for hydroxylation is 1. The quantitative estimate of drug-likeness (QED) is 0.771. The van der Waals surface area contributed by atoms with E-state index in [-0.39, 0.29) is 0 Å². The van der Waals surface area contributed by atoms with Gasteiger partial charge in [0.1, 0.15) is 6.29 Å². The Kier molecular flexibility index (Phi) is 3.17. The Balaban J connectivity index is 2.56. The van der Waals surface area contributed by atoms with Crippen LogP contribution in [0, 0.1) is 0 Å². The molecule has 0 bridgehead atoms. The molecule has 2 rings (SSSR count). The largest absolute Gasteiger partial charge is 0.303 e. The number of aldehydes is 1. The monoisotopic (exact) mass is 262 g/mol. The zero-order chi connectivity index (χ0) is 10.7. The van der Waals surface area contributed by atoms with E-state index in [1.54, 1.807) is 0 Å². The van der Waals surface area contributed by atoms with Crippen molar-refractivity contribution in [3.05, 3.63) is 46.4 Å². The Morgan fingerprint density at radius 2 is 1.80 bits per heavy atom. The average Bonchev–Trinajstić information content (AvgIpc) is 2.29. The van der Waals surface area contributed by atoms with Gasteiger partial charge in [-0.25, -0.2) is 0 Å². The summed E-state index contributed by atoms with van der Waals surface area (Å²) in [5.41, 5.74) is 1.24. The molecule has 2 aromatic carbocycles. The molecule has 0 saturated carbocycles. The van der Waals surface area contributed by atoms with E-state index in [9.17, 15) is 4.79 Å². The van der Waals surface area contributed by atoms with Gasteiger partial charge in [-0.1, -0.05) is 46.3 Å². The number of halogens is 1. The molecule has 2 aromatic rings. The highest BCUT2D eigenvalue weighted by atomic mass is 79.9. The molecule has 0 aliphatic carbocycles. The van der Waals surface area contributed by atoms with Crippen LogP contribution in [-0.2, 0) is 11.2 Å². The molecule has 76 valence electrons. The molecule has 0 aromatic heterocycles. The van der Waals surface area contributed by atoms with Gasteiger partial charge in [-0.05, 0) is 28.8 Å². The number of hydrogen-bond donors (Lipinski definition) is 0. The highest BCUT2D eigenvalue weighted by Gasteiger charge is 2.02.